The van der Waals surface area contributed by atoms with Crippen LogP contribution in [0.3, 0.4) is 0 Å². The SMILES string of the molecule is C[C@@H]1Cc2c([nH]c3ccccc23)[C@@H](c2cnc(O[C@@H]3CON(CCCF)C3)s2)N1CC(F)(F)CO. The largest absolute Gasteiger partial charge is 0.463 e. The van der Waals surface area contributed by atoms with E-state index < -0.39 is 31.8 Å². The van der Waals surface area contributed by atoms with Crippen LogP contribution in [0.15, 0.2) is 30.5 Å². The Hall–Kier alpha value is -2.18. The van der Waals surface area contributed by atoms with Crippen LogP contribution >= 0.6 is 11.3 Å². The van der Waals surface area contributed by atoms with Crippen LogP contribution in [0.5, 0.6) is 5.19 Å². The monoisotopic (exact) mass is 510 g/mol. The van der Waals surface area contributed by atoms with E-state index in [9.17, 15) is 18.3 Å². The second-order valence-corrected chi connectivity index (χ2v) is 10.2. The molecule has 1 aromatic carbocycles. The average molecular weight is 511 g/mol. The number of ether oxygens (including phenoxy) is 1. The zero-order valence-electron chi connectivity index (χ0n) is 19.4. The summed E-state index contributed by atoms with van der Waals surface area (Å²) >= 11 is 1.32. The fraction of sp³-hybridized carbons (Fsp3) is 0.542. The average Bonchev–Trinajstić information content (AvgIpc) is 3.57. The second-order valence-electron chi connectivity index (χ2n) is 9.20. The molecular formula is C24H29F3N4O3S. The molecule has 2 aliphatic rings. The summed E-state index contributed by atoms with van der Waals surface area (Å²) in [6, 6.07) is 7.29. The number of fused-ring (bicyclic) bond motifs is 3. The van der Waals surface area contributed by atoms with Crippen molar-refractivity contribution >= 4 is 22.2 Å². The van der Waals surface area contributed by atoms with Crippen LogP contribution < -0.4 is 4.74 Å². The van der Waals surface area contributed by atoms with Crippen LogP contribution in [0.1, 0.15) is 35.5 Å². The van der Waals surface area contributed by atoms with Crippen molar-refractivity contribution in [2.24, 2.45) is 0 Å². The first-order chi connectivity index (χ1) is 16.9. The summed E-state index contributed by atoms with van der Waals surface area (Å²) in [4.78, 5) is 15.9. The van der Waals surface area contributed by atoms with Gasteiger partial charge in [-0.05, 0) is 31.4 Å². The molecule has 2 aliphatic heterocycles. The van der Waals surface area contributed by atoms with E-state index in [1.807, 2.05) is 31.2 Å². The van der Waals surface area contributed by atoms with Crippen molar-refractivity contribution < 1.29 is 27.9 Å². The van der Waals surface area contributed by atoms with E-state index in [0.29, 0.717) is 37.7 Å². The quantitative estimate of drug-likeness (QED) is 0.454. The predicted octanol–water partition coefficient (Wildman–Crippen LogP) is 3.94. The molecule has 5 rings (SSSR count). The van der Waals surface area contributed by atoms with Gasteiger partial charge in [-0.1, -0.05) is 29.5 Å². The zero-order valence-corrected chi connectivity index (χ0v) is 20.2. The minimum Gasteiger partial charge on any atom is -0.463 e. The van der Waals surface area contributed by atoms with Gasteiger partial charge >= 0.3 is 0 Å². The Morgan fingerprint density at radius 2 is 2.17 bits per heavy atom. The minimum absolute atomic E-state index is 0.178. The molecule has 3 atom stereocenters. The molecule has 1 saturated heterocycles. The summed E-state index contributed by atoms with van der Waals surface area (Å²) in [7, 11) is 0. The van der Waals surface area contributed by atoms with Gasteiger partial charge in [0.05, 0.1) is 30.7 Å². The molecule has 0 unspecified atom stereocenters. The highest BCUT2D eigenvalue weighted by atomic mass is 32.1. The molecule has 0 saturated carbocycles. The number of hydroxylamine groups is 2. The molecule has 0 radical (unpaired) electrons. The Morgan fingerprint density at radius 3 is 2.97 bits per heavy atom. The fourth-order valence-electron chi connectivity index (χ4n) is 4.95. The summed E-state index contributed by atoms with van der Waals surface area (Å²) in [5.41, 5.74) is 2.95. The van der Waals surface area contributed by atoms with Crippen molar-refractivity contribution in [3.8, 4) is 5.19 Å². The maximum absolute atomic E-state index is 14.4. The molecule has 3 aromatic rings. The van der Waals surface area contributed by atoms with E-state index in [1.54, 1.807) is 16.2 Å². The number of nitrogens with zero attached hydrogens (tertiary/aromatic N) is 3. The van der Waals surface area contributed by atoms with E-state index >= 15 is 0 Å². The van der Waals surface area contributed by atoms with Crippen LogP contribution in [0.4, 0.5) is 13.2 Å². The van der Waals surface area contributed by atoms with Crippen molar-refractivity contribution in [3.63, 3.8) is 0 Å². The van der Waals surface area contributed by atoms with Gasteiger partial charge in [-0.15, -0.1) is 0 Å². The number of H-pyrrole nitrogens is 1. The molecule has 4 heterocycles. The summed E-state index contributed by atoms with van der Waals surface area (Å²) < 4.78 is 47.3. The normalized spacial score (nSPS) is 23.7. The molecule has 0 amide bonds. The number of para-hydroxylation sites is 1. The van der Waals surface area contributed by atoms with Gasteiger partial charge in [-0.2, -0.15) is 5.06 Å². The van der Waals surface area contributed by atoms with Gasteiger partial charge in [0, 0.05) is 35.4 Å². The molecule has 7 nitrogen and oxygen atoms in total. The van der Waals surface area contributed by atoms with Crippen LogP contribution in [-0.4, -0.2) is 82.6 Å². The Kier molecular flexibility index (Phi) is 7.04. The van der Waals surface area contributed by atoms with E-state index in [0.717, 1.165) is 27.0 Å². The molecule has 35 heavy (non-hydrogen) atoms. The van der Waals surface area contributed by atoms with E-state index in [2.05, 4.69) is 9.97 Å². The maximum atomic E-state index is 14.4. The smallest absolute Gasteiger partial charge is 0.283 e. The lowest BCUT2D eigenvalue weighted by Crippen LogP contribution is -2.49. The van der Waals surface area contributed by atoms with Gasteiger partial charge in [-0.3, -0.25) is 14.1 Å². The number of aromatic amines is 1. The first-order valence-electron chi connectivity index (χ1n) is 11.8. The number of thiazole rings is 1. The number of alkyl halides is 3. The summed E-state index contributed by atoms with van der Waals surface area (Å²) in [6.45, 7) is 1.11. The van der Waals surface area contributed by atoms with Gasteiger partial charge in [0.2, 0.25) is 0 Å². The number of hydrogen-bond donors (Lipinski definition) is 2. The Balaban J connectivity index is 1.44. The topological polar surface area (TPSA) is 73.9 Å². The van der Waals surface area contributed by atoms with Gasteiger partial charge < -0.3 is 14.8 Å². The van der Waals surface area contributed by atoms with E-state index in [1.165, 1.54) is 11.3 Å². The lowest BCUT2D eigenvalue weighted by Gasteiger charge is -2.41. The summed E-state index contributed by atoms with van der Waals surface area (Å²) in [6.07, 6.45) is 2.46. The second kappa shape index (κ2) is 10.1. The third-order valence-electron chi connectivity index (χ3n) is 6.59. The van der Waals surface area contributed by atoms with Crippen LogP contribution in [0.25, 0.3) is 10.9 Å². The molecule has 11 heteroatoms. The Bertz CT molecular complexity index is 1160. The van der Waals surface area contributed by atoms with Crippen molar-refractivity contribution in [3.05, 3.63) is 46.6 Å². The molecule has 0 aliphatic carbocycles. The lowest BCUT2D eigenvalue weighted by molar-refractivity contribution is -0.111. The first kappa shape index (κ1) is 24.5. The molecule has 0 bridgehead atoms. The summed E-state index contributed by atoms with van der Waals surface area (Å²) in [5, 5.41) is 12.5. The molecule has 0 spiro atoms. The molecule has 190 valence electrons. The first-order valence-corrected chi connectivity index (χ1v) is 12.6. The van der Waals surface area contributed by atoms with Crippen molar-refractivity contribution in [1.29, 1.82) is 0 Å². The molecular weight excluding hydrogens is 481 g/mol. The van der Waals surface area contributed by atoms with Gasteiger partial charge in [0.25, 0.3) is 11.1 Å². The standard InChI is InChI=1S/C24H29F3N4O3S/c1-15-9-18-17-5-2-3-6-19(17)29-21(18)22(31(15)13-24(26,27)14-32)20-10-28-23(35-20)34-16-11-30(33-12-16)8-4-7-25/h2-3,5-6,10,15-16,22,29,32H,4,7-9,11-14H2,1H3/t15-,16+,22-/m1/s1. The minimum atomic E-state index is -3.23. The highest BCUT2D eigenvalue weighted by Crippen LogP contribution is 2.44. The van der Waals surface area contributed by atoms with E-state index in [-0.39, 0.29) is 12.1 Å². The Morgan fingerprint density at radius 1 is 1.34 bits per heavy atom. The highest BCUT2D eigenvalue weighted by molar-refractivity contribution is 7.13. The number of aliphatic hydroxyl groups is 1. The molecule has 2 aromatic heterocycles. The third kappa shape index (κ3) is 5.05. The number of benzene rings is 1. The predicted molar refractivity (Wildman–Crippen MR) is 127 cm³/mol. The van der Waals surface area contributed by atoms with E-state index in [4.69, 9.17) is 9.57 Å². The van der Waals surface area contributed by atoms with Crippen molar-refractivity contribution in [1.82, 2.24) is 19.9 Å². The zero-order chi connectivity index (χ0) is 24.6. The number of aromatic nitrogens is 2. The fourth-order valence-corrected chi connectivity index (χ4v) is 5.92. The number of hydrogen-bond acceptors (Lipinski definition) is 7. The van der Waals surface area contributed by atoms with Crippen molar-refractivity contribution in [2.45, 2.75) is 43.9 Å². The Labute approximate surface area is 205 Å². The number of aliphatic hydroxyl groups excluding tert-OH is 1. The highest BCUT2D eigenvalue weighted by Gasteiger charge is 2.42. The number of halogens is 3. The lowest BCUT2D eigenvalue weighted by atomic mass is 9.91. The third-order valence-corrected chi connectivity index (χ3v) is 7.53. The van der Waals surface area contributed by atoms with Gasteiger partial charge in [-0.25, -0.2) is 13.8 Å². The van der Waals surface area contributed by atoms with Gasteiger partial charge in [0.15, 0.2) is 0 Å². The van der Waals surface area contributed by atoms with Crippen LogP contribution in [0.2, 0.25) is 0 Å². The molecule has 1 fully saturated rings. The maximum Gasteiger partial charge on any atom is 0.283 e. The number of nitrogens with one attached hydrogen (secondary N) is 1. The number of rotatable bonds is 9. The van der Waals surface area contributed by atoms with Crippen LogP contribution in [-0.2, 0) is 11.3 Å². The van der Waals surface area contributed by atoms with Crippen molar-refractivity contribution in [2.75, 3.05) is 39.5 Å². The van der Waals surface area contributed by atoms with Gasteiger partial charge in [0.1, 0.15) is 19.3 Å². The molecule has 2 N–H and O–H groups in total. The summed E-state index contributed by atoms with van der Waals surface area (Å²) in [5.74, 6) is -3.23. The van der Waals surface area contributed by atoms with Crippen LogP contribution in [0, 0.1) is 0 Å².